The molecule has 0 saturated carbocycles. The van der Waals surface area contributed by atoms with Gasteiger partial charge in [0, 0.05) is 19.3 Å². The van der Waals surface area contributed by atoms with Gasteiger partial charge in [-0.25, -0.2) is 0 Å². The van der Waals surface area contributed by atoms with Crippen LogP contribution in [0.15, 0.2) is 0 Å². The fourth-order valence-electron chi connectivity index (χ4n) is 18.4. The minimum absolute atomic E-state index is 0.0900. The highest BCUT2D eigenvalue weighted by atomic mass is 16.8. The van der Waals surface area contributed by atoms with Crippen LogP contribution in [0.5, 0.6) is 0 Å². The highest BCUT2D eigenvalue weighted by Crippen LogP contribution is 2.42. The molecule has 0 amide bonds. The number of rotatable bonds is 40. The van der Waals surface area contributed by atoms with Gasteiger partial charge in [-0.3, -0.25) is 24.0 Å². The molecule has 0 aromatic heterocycles. The average Bonchev–Trinajstić information content (AvgIpc) is 0.690. The van der Waals surface area contributed by atoms with Crippen LogP contribution < -0.4 is 0 Å². The molecule has 0 aromatic rings. The molecule has 9 aliphatic heterocycles. The first-order valence-electron chi connectivity index (χ1n) is 50.1. The molecule has 46 atom stereocenters. The van der Waals surface area contributed by atoms with Gasteiger partial charge >= 0.3 is 29.8 Å². The summed E-state index contributed by atoms with van der Waals surface area (Å²) in [5.74, 6) is -6.70. The second kappa shape index (κ2) is 56.7. The van der Waals surface area contributed by atoms with E-state index < -0.39 is 325 Å². The number of esters is 5. The smallest absolute Gasteiger partial charge is 0.311 e. The number of aliphatic hydroxyl groups is 17. The van der Waals surface area contributed by atoms with Crippen molar-refractivity contribution in [3.63, 3.8) is 0 Å². The molecule has 2 bridgehead atoms. The number of unbranched alkanes of at least 4 members (excludes halogenated alkanes) is 10. The van der Waals surface area contributed by atoms with E-state index in [0.29, 0.717) is 70.6 Å². The van der Waals surface area contributed by atoms with Crippen molar-refractivity contribution in [3.8, 4) is 0 Å². The zero-order chi connectivity index (χ0) is 101. The van der Waals surface area contributed by atoms with Gasteiger partial charge in [-0.1, -0.05) is 136 Å². The van der Waals surface area contributed by atoms with Crippen LogP contribution in [0.25, 0.3) is 0 Å². The fourth-order valence-corrected chi connectivity index (χ4v) is 18.4. The molecule has 9 rings (SSSR count). The van der Waals surface area contributed by atoms with E-state index >= 15 is 0 Å². The summed E-state index contributed by atoms with van der Waals surface area (Å²) < 4.78 is 131. The Bertz CT molecular complexity index is 3500. The molecule has 0 aliphatic carbocycles. The normalized spacial score (nSPS) is 41.9. The maximum Gasteiger partial charge on any atom is 0.311 e. The Kier molecular flexibility index (Phi) is 48.2. The molecule has 17 N–H and O–H groups in total. The van der Waals surface area contributed by atoms with Gasteiger partial charge in [-0.05, 0) is 114 Å². The number of ether oxygens (including phenoxy) is 21. The summed E-state index contributed by atoms with van der Waals surface area (Å²) in [6.45, 7) is 18.4. The number of aliphatic hydroxyl groups excluding tert-OH is 17. The number of hydrogen-bond acceptors (Lipinski definition) is 43. The molecule has 0 spiro atoms. The summed E-state index contributed by atoms with van der Waals surface area (Å²) >= 11 is 0. The quantitative estimate of drug-likeness (QED) is 0.0233. The Hall–Kier alpha value is -3.97. The van der Waals surface area contributed by atoms with Crippen LogP contribution in [0.2, 0.25) is 0 Å². The number of carbonyl (C=O) groups is 5. The van der Waals surface area contributed by atoms with Gasteiger partial charge in [-0.2, -0.15) is 0 Å². The zero-order valence-electron chi connectivity index (χ0n) is 81.5. The summed E-state index contributed by atoms with van der Waals surface area (Å²) in [4.78, 5) is 68.9. The predicted octanol–water partition coefficient (Wildman–Crippen LogP) is 1.25. The van der Waals surface area contributed by atoms with Crippen LogP contribution in [0, 0.1) is 11.8 Å². The first-order chi connectivity index (χ1) is 65.1. The van der Waals surface area contributed by atoms with Crippen LogP contribution in [-0.2, 0) is 123 Å². The Labute approximate surface area is 801 Å². The lowest BCUT2D eigenvalue weighted by atomic mass is 9.95. The van der Waals surface area contributed by atoms with Crippen molar-refractivity contribution in [2.24, 2.45) is 11.8 Å². The predicted molar refractivity (Wildman–Crippen MR) is 472 cm³/mol. The Morgan fingerprint density at radius 1 is 0.358 bits per heavy atom. The van der Waals surface area contributed by atoms with Crippen molar-refractivity contribution < 1.29 is 210 Å². The van der Waals surface area contributed by atoms with Crippen LogP contribution in [0.3, 0.4) is 0 Å². The molecule has 43 nitrogen and oxygen atoms in total. The molecule has 46 unspecified atom stereocenters. The van der Waals surface area contributed by atoms with Gasteiger partial charge in [0.25, 0.3) is 0 Å². The summed E-state index contributed by atoms with van der Waals surface area (Å²) in [6, 6.07) is 0. The van der Waals surface area contributed by atoms with E-state index in [2.05, 4.69) is 6.92 Å². The van der Waals surface area contributed by atoms with Gasteiger partial charge in [0.2, 0.25) is 0 Å². The van der Waals surface area contributed by atoms with Gasteiger partial charge in [0.15, 0.2) is 74.7 Å². The lowest BCUT2D eigenvalue weighted by Crippen LogP contribution is -2.68. The van der Waals surface area contributed by atoms with Crippen LogP contribution in [-0.4, -0.2) is 400 Å². The molecule has 9 aliphatic rings. The van der Waals surface area contributed by atoms with Gasteiger partial charge in [-0.15, -0.1) is 0 Å². The van der Waals surface area contributed by atoms with E-state index in [-0.39, 0.29) is 19.3 Å². The van der Waals surface area contributed by atoms with E-state index in [1.54, 1.807) is 6.92 Å². The van der Waals surface area contributed by atoms with Crippen LogP contribution >= 0.6 is 0 Å². The summed E-state index contributed by atoms with van der Waals surface area (Å²) in [5, 5.41) is 193. The fraction of sp³-hybridized carbons (Fsp3) is 0.947. The molecule has 9 fully saturated rings. The van der Waals surface area contributed by atoms with Crippen LogP contribution in [0.4, 0.5) is 0 Å². The van der Waals surface area contributed by atoms with Crippen molar-refractivity contribution in [2.45, 2.75) is 540 Å². The van der Waals surface area contributed by atoms with Crippen molar-refractivity contribution in [1.29, 1.82) is 0 Å². The molecule has 0 radical (unpaired) electrons. The lowest BCUT2D eigenvalue weighted by molar-refractivity contribution is -0.399. The molecule has 9 heterocycles. The average molecular weight is 1980 g/mol. The molecule has 43 heteroatoms. The zero-order valence-corrected chi connectivity index (χ0v) is 81.5. The highest BCUT2D eigenvalue weighted by molar-refractivity contribution is 5.74. The van der Waals surface area contributed by atoms with Crippen molar-refractivity contribution >= 4 is 29.8 Å². The number of carbonyl (C=O) groups excluding carboxylic acids is 5. The van der Waals surface area contributed by atoms with Gasteiger partial charge < -0.3 is 186 Å². The van der Waals surface area contributed by atoms with Crippen molar-refractivity contribution in [1.82, 2.24) is 0 Å². The monoisotopic (exact) mass is 1980 g/mol. The summed E-state index contributed by atoms with van der Waals surface area (Å²) in [5.41, 5.74) is 0. The maximum absolute atomic E-state index is 14.4. The third-order valence-corrected chi connectivity index (χ3v) is 27.7. The Balaban J connectivity index is 0.832. The topological polar surface area (TPSA) is 623 Å². The molecular weight excluding hydrogens is 1820 g/mol. The largest absolute Gasteiger partial charge is 0.463 e. The SMILES string of the molecule is CCCCCC(CCCCCCCCCC(=O)OC1C(C)OC(OC2C(C)OC3OC4C(OC(COC(=O)C(C)C(C)O)C(O)C4O)OC4C(OC(CCCCC)CCCCCCCCCC(=O)OC2C3OC(=O)C(C)C(C)O)OC(C)C(O)C4O)C(O)C1O)OC1OC(C)C(O)C(O)C1OC1OC(CO)C(O)C(O)C1OC1OC(C)C(OC2OC(C)C(O)C(O)C2O)C(O)C1OC(=O)CCC. The number of hydrogen-bond donors (Lipinski definition) is 17. The third kappa shape index (κ3) is 32.0. The van der Waals surface area contributed by atoms with E-state index in [1.807, 2.05) is 6.92 Å². The third-order valence-electron chi connectivity index (χ3n) is 27.7. The molecule has 796 valence electrons. The van der Waals surface area contributed by atoms with Gasteiger partial charge in [0.05, 0.1) is 79.5 Å². The van der Waals surface area contributed by atoms with E-state index in [4.69, 9.17) is 99.5 Å². The standard InChI is InChI=1S/C94H162O43/c1-14-17-29-36-54(124-89-78(67(107)62(102)49(9)119-89)135-92-80(69(109)64(104)56(42-95)126-92)134-91-82(129-58(98)35-16-3)74(114)76(52(12)122-91)132-87-72(112)66(106)61(101)48(8)118-87)38-31-25-21-19-23-27-33-40-59(99)128-75-51(11)121-88(73(113)71(75)111)133-77-53(13)123-94-84(131-86(116)45(5)47(7)97)83(77)130-60(100)41-34-28-24-20-22-26-32-39-55(37-30-18-15-2)125-90-79(68(108)63(103)50(10)120-90)136-93-81(137-94)70(110)65(105)57(127-93)43-117-85(115)44(4)46(6)96/h44-57,61-84,87-97,101-114H,14-43H2,1-13H3. The first kappa shape index (κ1) is 117. The molecule has 9 saturated heterocycles. The number of fused-ring (bicyclic) bond motifs is 4. The van der Waals surface area contributed by atoms with E-state index in [9.17, 15) is 111 Å². The first-order valence-corrected chi connectivity index (χ1v) is 50.1. The second-order valence-corrected chi connectivity index (χ2v) is 38.7. The van der Waals surface area contributed by atoms with Crippen molar-refractivity contribution in [3.05, 3.63) is 0 Å². The summed E-state index contributed by atoms with van der Waals surface area (Å²) in [6.07, 6.45) is -53.4. The minimum Gasteiger partial charge on any atom is -0.463 e. The highest BCUT2D eigenvalue weighted by Gasteiger charge is 2.61. The van der Waals surface area contributed by atoms with Crippen molar-refractivity contribution in [2.75, 3.05) is 13.2 Å². The Morgan fingerprint density at radius 3 is 1.45 bits per heavy atom. The summed E-state index contributed by atoms with van der Waals surface area (Å²) in [7, 11) is 0. The maximum atomic E-state index is 14.4. The molecular formula is C94H162O43. The second-order valence-electron chi connectivity index (χ2n) is 38.7. The molecule has 0 aromatic carbocycles. The molecule has 137 heavy (non-hydrogen) atoms. The van der Waals surface area contributed by atoms with Crippen LogP contribution in [0.1, 0.15) is 270 Å². The van der Waals surface area contributed by atoms with E-state index in [0.717, 1.165) is 89.9 Å². The lowest BCUT2D eigenvalue weighted by Gasteiger charge is -2.50. The Morgan fingerprint density at radius 2 is 0.810 bits per heavy atom. The van der Waals surface area contributed by atoms with E-state index in [1.165, 1.54) is 69.2 Å². The minimum atomic E-state index is -2.13. The van der Waals surface area contributed by atoms with Gasteiger partial charge in [0.1, 0.15) is 141 Å².